The third kappa shape index (κ3) is 5.43. The highest BCUT2D eigenvalue weighted by Crippen LogP contribution is 2.21. The Hall–Kier alpha value is -2.66. The molecule has 0 unspecified atom stereocenters. The van der Waals surface area contributed by atoms with E-state index in [-0.39, 0.29) is 18.1 Å². The highest BCUT2D eigenvalue weighted by molar-refractivity contribution is 5.94. The highest BCUT2D eigenvalue weighted by Gasteiger charge is 2.17. The first-order chi connectivity index (χ1) is 12.5. The fourth-order valence-corrected chi connectivity index (χ4v) is 2.84. The number of hydrogen-bond donors (Lipinski definition) is 1. The van der Waals surface area contributed by atoms with Crippen LogP contribution in [0.1, 0.15) is 28.4 Å². The second kappa shape index (κ2) is 9.73. The van der Waals surface area contributed by atoms with Crippen LogP contribution in [-0.4, -0.2) is 43.3 Å². The van der Waals surface area contributed by atoms with Crippen LogP contribution in [0.25, 0.3) is 0 Å². The molecular formula is C21H26N2O3. The Kier molecular flexibility index (Phi) is 7.36. The van der Waals surface area contributed by atoms with Crippen molar-refractivity contribution < 1.29 is 14.3 Å². The number of nitrogens with two attached hydrogens (primary N) is 1. The lowest BCUT2D eigenvalue weighted by atomic mass is 10.0. The normalized spacial score (nSPS) is 10.4. The third-order valence-electron chi connectivity index (χ3n) is 4.29. The molecule has 0 heterocycles. The van der Waals surface area contributed by atoms with E-state index < -0.39 is 0 Å². The Bertz CT molecular complexity index is 744. The van der Waals surface area contributed by atoms with Gasteiger partial charge in [0, 0.05) is 30.8 Å². The minimum atomic E-state index is -0.0377. The molecule has 0 saturated heterocycles. The minimum Gasteiger partial charge on any atom is -0.496 e. The number of hydrogen-bond acceptors (Lipinski definition) is 4. The fraction of sp³-hybridized carbons (Fsp3) is 0.333. The van der Waals surface area contributed by atoms with Gasteiger partial charge in [-0.3, -0.25) is 9.59 Å². The molecule has 0 radical (unpaired) electrons. The Balaban J connectivity index is 2.11. The Morgan fingerprint density at radius 2 is 1.81 bits per heavy atom. The van der Waals surface area contributed by atoms with Gasteiger partial charge in [-0.1, -0.05) is 30.3 Å². The Labute approximate surface area is 154 Å². The first-order valence-corrected chi connectivity index (χ1v) is 8.74. The van der Waals surface area contributed by atoms with E-state index in [0.29, 0.717) is 36.5 Å². The van der Waals surface area contributed by atoms with E-state index in [1.54, 1.807) is 30.2 Å². The number of rotatable bonds is 9. The van der Waals surface area contributed by atoms with Crippen molar-refractivity contribution in [3.63, 3.8) is 0 Å². The smallest absolute Gasteiger partial charge is 0.227 e. The first-order valence-electron chi connectivity index (χ1n) is 8.74. The van der Waals surface area contributed by atoms with E-state index in [0.717, 1.165) is 6.42 Å². The van der Waals surface area contributed by atoms with E-state index in [4.69, 9.17) is 10.5 Å². The predicted octanol–water partition coefficient (Wildman–Crippen LogP) is 2.47. The second-order valence-electron chi connectivity index (χ2n) is 6.16. The maximum absolute atomic E-state index is 12.8. The summed E-state index contributed by atoms with van der Waals surface area (Å²) in [4.78, 5) is 26.2. The van der Waals surface area contributed by atoms with Gasteiger partial charge in [-0.2, -0.15) is 0 Å². The van der Waals surface area contributed by atoms with E-state index in [1.807, 2.05) is 30.3 Å². The molecule has 0 fully saturated rings. The van der Waals surface area contributed by atoms with Gasteiger partial charge in [-0.25, -0.2) is 0 Å². The molecule has 0 aliphatic carbocycles. The van der Waals surface area contributed by atoms with Gasteiger partial charge >= 0.3 is 0 Å². The molecule has 0 aliphatic heterocycles. The van der Waals surface area contributed by atoms with Crippen LogP contribution in [0.5, 0.6) is 5.75 Å². The summed E-state index contributed by atoms with van der Waals surface area (Å²) in [6.07, 6.45) is 0.955. The topological polar surface area (TPSA) is 72.6 Å². The number of amides is 1. The number of benzene rings is 2. The summed E-state index contributed by atoms with van der Waals surface area (Å²) >= 11 is 0. The van der Waals surface area contributed by atoms with Crippen LogP contribution < -0.4 is 10.5 Å². The molecule has 2 rings (SSSR count). The number of carbonyl (C=O) groups is 2. The zero-order valence-corrected chi connectivity index (χ0v) is 15.4. The van der Waals surface area contributed by atoms with Gasteiger partial charge in [-0.05, 0) is 37.1 Å². The van der Waals surface area contributed by atoms with Crippen molar-refractivity contribution in [3.05, 3.63) is 65.2 Å². The number of ketones is 1. The Morgan fingerprint density at radius 3 is 2.42 bits per heavy atom. The fourth-order valence-electron chi connectivity index (χ4n) is 2.84. The van der Waals surface area contributed by atoms with Gasteiger partial charge in [0.2, 0.25) is 5.91 Å². The summed E-state index contributed by atoms with van der Waals surface area (Å²) in [5.74, 6) is 0.550. The number of ether oxygens (including phenoxy) is 1. The van der Waals surface area contributed by atoms with Gasteiger partial charge in [0.05, 0.1) is 13.5 Å². The lowest BCUT2D eigenvalue weighted by Gasteiger charge is -2.23. The number of nitrogens with zero attached hydrogens (tertiary/aromatic N) is 1. The summed E-state index contributed by atoms with van der Waals surface area (Å²) in [7, 11) is 1.56. The number of carbonyl (C=O) groups excluding carboxylic acids is 2. The molecular weight excluding hydrogens is 328 g/mol. The minimum absolute atomic E-state index is 0.0228. The van der Waals surface area contributed by atoms with Crippen molar-refractivity contribution in [2.45, 2.75) is 19.8 Å². The molecule has 0 aromatic heterocycles. The molecule has 1 amide bonds. The summed E-state index contributed by atoms with van der Waals surface area (Å²) in [6, 6.07) is 15.2. The monoisotopic (exact) mass is 354 g/mol. The molecule has 5 heteroatoms. The van der Waals surface area contributed by atoms with Crippen molar-refractivity contribution in [1.29, 1.82) is 0 Å². The second-order valence-corrected chi connectivity index (χ2v) is 6.16. The van der Waals surface area contributed by atoms with Crippen LogP contribution in [0.3, 0.4) is 0 Å². The van der Waals surface area contributed by atoms with Crippen molar-refractivity contribution in [3.8, 4) is 5.75 Å². The quantitative estimate of drug-likeness (QED) is 0.702. The number of methoxy groups -OCH3 is 1. The van der Waals surface area contributed by atoms with Crippen LogP contribution in [0.15, 0.2) is 48.5 Å². The molecule has 26 heavy (non-hydrogen) atoms. The van der Waals surface area contributed by atoms with Gasteiger partial charge in [0.1, 0.15) is 5.75 Å². The average molecular weight is 354 g/mol. The summed E-state index contributed by atoms with van der Waals surface area (Å²) < 4.78 is 5.34. The zero-order chi connectivity index (χ0) is 18.9. The molecule has 138 valence electrons. The van der Waals surface area contributed by atoms with Gasteiger partial charge in [0.15, 0.2) is 5.78 Å². The Morgan fingerprint density at radius 1 is 1.08 bits per heavy atom. The van der Waals surface area contributed by atoms with E-state index in [2.05, 4.69) is 0 Å². The SMILES string of the molecule is COc1ccc(C(C)=O)cc1CC(=O)N(CCN)CCc1ccccc1. The molecule has 2 aromatic carbocycles. The van der Waals surface area contributed by atoms with Crippen LogP contribution in [0.4, 0.5) is 0 Å². The molecule has 5 nitrogen and oxygen atoms in total. The van der Waals surface area contributed by atoms with Crippen molar-refractivity contribution in [1.82, 2.24) is 4.90 Å². The molecule has 0 atom stereocenters. The van der Waals surface area contributed by atoms with Gasteiger partial charge in [0.25, 0.3) is 0 Å². The molecule has 2 aromatic rings. The lowest BCUT2D eigenvalue weighted by Crippen LogP contribution is -2.38. The van der Waals surface area contributed by atoms with Crippen LogP contribution >= 0.6 is 0 Å². The van der Waals surface area contributed by atoms with Crippen molar-refractivity contribution >= 4 is 11.7 Å². The predicted molar refractivity (Wildman–Crippen MR) is 102 cm³/mol. The van der Waals surface area contributed by atoms with Crippen molar-refractivity contribution in [2.75, 3.05) is 26.7 Å². The maximum atomic E-state index is 12.8. The molecule has 0 aliphatic rings. The largest absolute Gasteiger partial charge is 0.496 e. The molecule has 2 N–H and O–H groups in total. The molecule has 0 bridgehead atoms. The average Bonchev–Trinajstić information content (AvgIpc) is 2.65. The summed E-state index contributed by atoms with van der Waals surface area (Å²) in [6.45, 7) is 3.02. The standard InChI is InChI=1S/C21H26N2O3/c1-16(24)18-8-9-20(26-2)19(14-18)15-21(25)23(13-11-22)12-10-17-6-4-3-5-7-17/h3-9,14H,10-13,15,22H2,1-2H3. The van der Waals surface area contributed by atoms with Crippen LogP contribution in [0, 0.1) is 0 Å². The van der Waals surface area contributed by atoms with Gasteiger partial charge in [-0.15, -0.1) is 0 Å². The van der Waals surface area contributed by atoms with Crippen LogP contribution in [-0.2, 0) is 17.6 Å². The summed E-state index contributed by atoms with van der Waals surface area (Å²) in [5, 5.41) is 0. The van der Waals surface area contributed by atoms with E-state index >= 15 is 0 Å². The zero-order valence-electron chi connectivity index (χ0n) is 15.4. The van der Waals surface area contributed by atoms with E-state index in [1.165, 1.54) is 12.5 Å². The van der Waals surface area contributed by atoms with Gasteiger partial charge < -0.3 is 15.4 Å². The third-order valence-corrected chi connectivity index (χ3v) is 4.29. The summed E-state index contributed by atoms with van der Waals surface area (Å²) in [5.41, 5.74) is 8.15. The van der Waals surface area contributed by atoms with E-state index in [9.17, 15) is 9.59 Å². The first kappa shape index (κ1) is 19.7. The lowest BCUT2D eigenvalue weighted by molar-refractivity contribution is -0.130. The molecule has 0 spiro atoms. The van der Waals surface area contributed by atoms with Crippen LogP contribution in [0.2, 0.25) is 0 Å². The van der Waals surface area contributed by atoms with Crippen molar-refractivity contribution in [2.24, 2.45) is 5.73 Å². The maximum Gasteiger partial charge on any atom is 0.227 e. The number of Topliss-reactive ketones (excluding diaryl/α,β-unsaturated/α-hetero) is 1. The molecule has 0 saturated carbocycles. The highest BCUT2D eigenvalue weighted by atomic mass is 16.5.